The summed E-state index contributed by atoms with van der Waals surface area (Å²) in [5, 5.41) is 0. The number of hydrogen-bond acceptors (Lipinski definition) is 5. The molecule has 1 atom stereocenters. The van der Waals surface area contributed by atoms with Crippen LogP contribution in [0.4, 0.5) is 0 Å². The molecule has 132 valence electrons. The highest BCUT2D eigenvalue weighted by Crippen LogP contribution is 2.31. The Morgan fingerprint density at radius 2 is 2.16 bits per heavy atom. The van der Waals surface area contributed by atoms with Crippen molar-refractivity contribution in [2.24, 2.45) is 0 Å². The molecule has 6 nitrogen and oxygen atoms in total. The molecule has 1 saturated heterocycles. The van der Waals surface area contributed by atoms with Crippen LogP contribution in [0.2, 0.25) is 0 Å². The Hall–Kier alpha value is -2.34. The molecule has 1 aliphatic heterocycles. The third kappa shape index (κ3) is 4.60. The van der Waals surface area contributed by atoms with Crippen LogP contribution in [0.15, 0.2) is 36.9 Å². The summed E-state index contributed by atoms with van der Waals surface area (Å²) in [6, 6.07) is 3.97. The molecular weight excluding hydrogens is 314 g/mol. The van der Waals surface area contributed by atoms with Crippen LogP contribution in [0.25, 0.3) is 0 Å². The van der Waals surface area contributed by atoms with Crippen molar-refractivity contribution in [3.05, 3.63) is 53.9 Å². The smallest absolute Gasteiger partial charge is 0.223 e. The van der Waals surface area contributed by atoms with Gasteiger partial charge >= 0.3 is 0 Å². The van der Waals surface area contributed by atoms with Crippen LogP contribution in [0.5, 0.6) is 0 Å². The monoisotopic (exact) mass is 339 g/mol. The Bertz CT molecular complexity index is 704. The number of pyridine rings is 1. The minimum Gasteiger partial charge on any atom is -0.334 e. The maximum atomic E-state index is 12.7. The van der Waals surface area contributed by atoms with Crippen LogP contribution >= 0.6 is 0 Å². The Morgan fingerprint density at radius 1 is 1.28 bits per heavy atom. The first-order valence-corrected chi connectivity index (χ1v) is 8.77. The predicted octanol–water partition coefficient (Wildman–Crippen LogP) is 2.23. The minimum atomic E-state index is 0.0519. The quantitative estimate of drug-likeness (QED) is 0.808. The molecule has 0 aliphatic carbocycles. The number of likely N-dealkylation sites (tertiary alicyclic amines) is 1. The lowest BCUT2D eigenvalue weighted by Gasteiger charge is -2.24. The Labute approximate surface area is 148 Å². The number of carbonyl (C=O) groups excluding carboxylic acids is 1. The lowest BCUT2D eigenvalue weighted by molar-refractivity contribution is -0.132. The molecule has 2 aromatic heterocycles. The molecule has 25 heavy (non-hydrogen) atoms. The van der Waals surface area contributed by atoms with Crippen molar-refractivity contribution < 1.29 is 4.79 Å². The lowest BCUT2D eigenvalue weighted by Crippen LogP contribution is -2.31. The maximum absolute atomic E-state index is 12.7. The van der Waals surface area contributed by atoms with E-state index in [1.807, 2.05) is 37.3 Å². The fourth-order valence-electron chi connectivity index (χ4n) is 3.30. The molecule has 0 aromatic carbocycles. The van der Waals surface area contributed by atoms with Crippen molar-refractivity contribution in [1.82, 2.24) is 24.8 Å². The van der Waals surface area contributed by atoms with Gasteiger partial charge in [-0.25, -0.2) is 0 Å². The van der Waals surface area contributed by atoms with E-state index in [-0.39, 0.29) is 11.9 Å². The molecule has 3 rings (SSSR count). The van der Waals surface area contributed by atoms with Crippen LogP contribution in [0, 0.1) is 0 Å². The number of aromatic nitrogens is 3. The summed E-state index contributed by atoms with van der Waals surface area (Å²) in [6.07, 6.45) is 10.4. The van der Waals surface area contributed by atoms with E-state index >= 15 is 0 Å². The van der Waals surface area contributed by atoms with Crippen molar-refractivity contribution in [1.29, 1.82) is 0 Å². The van der Waals surface area contributed by atoms with E-state index < -0.39 is 0 Å². The zero-order valence-electron chi connectivity index (χ0n) is 14.9. The van der Waals surface area contributed by atoms with Crippen LogP contribution in [0.3, 0.4) is 0 Å². The lowest BCUT2D eigenvalue weighted by atomic mass is 10.1. The predicted molar refractivity (Wildman–Crippen MR) is 95.7 cm³/mol. The number of carbonyl (C=O) groups is 1. The number of rotatable bonds is 6. The van der Waals surface area contributed by atoms with Gasteiger partial charge in [-0.15, -0.1) is 0 Å². The first-order valence-electron chi connectivity index (χ1n) is 8.77. The molecular formula is C19H25N5O. The van der Waals surface area contributed by atoms with Gasteiger partial charge in [-0.2, -0.15) is 0 Å². The summed E-state index contributed by atoms with van der Waals surface area (Å²) in [5.74, 6) is 0.186. The van der Waals surface area contributed by atoms with Crippen molar-refractivity contribution >= 4 is 5.91 Å². The topological polar surface area (TPSA) is 62.2 Å². The third-order valence-corrected chi connectivity index (χ3v) is 4.45. The summed E-state index contributed by atoms with van der Waals surface area (Å²) in [7, 11) is 4.02. The van der Waals surface area contributed by atoms with Crippen molar-refractivity contribution in [2.45, 2.75) is 38.3 Å². The number of aryl methyl sites for hydroxylation is 1. The van der Waals surface area contributed by atoms with Gasteiger partial charge in [0.15, 0.2) is 0 Å². The van der Waals surface area contributed by atoms with Gasteiger partial charge in [0.05, 0.1) is 23.6 Å². The standard InChI is InChI=1S/C19H25N5O/c1-23(2)14-16-12-21-13-17(22-16)18-6-4-10-24(18)19(25)8-7-15-5-3-9-20-11-15/h3,5,9,11-13,18H,4,6-8,10,14H2,1-2H3/t18-/m0/s1. The second-order valence-corrected chi connectivity index (χ2v) is 6.78. The van der Waals surface area contributed by atoms with Gasteiger partial charge in [-0.3, -0.25) is 19.7 Å². The summed E-state index contributed by atoms with van der Waals surface area (Å²) in [4.78, 5) is 29.9. The molecule has 0 spiro atoms. The molecule has 1 amide bonds. The van der Waals surface area contributed by atoms with E-state index in [0.717, 1.165) is 49.3 Å². The SMILES string of the molecule is CN(C)Cc1cncc([C@@H]2CCCN2C(=O)CCc2cccnc2)n1. The second kappa shape index (κ2) is 8.16. The van der Waals surface area contributed by atoms with Crippen LogP contribution < -0.4 is 0 Å². The van der Waals surface area contributed by atoms with Crippen molar-refractivity contribution in [3.63, 3.8) is 0 Å². The summed E-state index contributed by atoms with van der Waals surface area (Å²) >= 11 is 0. The average molecular weight is 339 g/mol. The highest BCUT2D eigenvalue weighted by atomic mass is 16.2. The number of hydrogen-bond donors (Lipinski definition) is 0. The van der Waals surface area contributed by atoms with Crippen LogP contribution in [-0.2, 0) is 17.8 Å². The zero-order chi connectivity index (χ0) is 17.6. The molecule has 0 N–H and O–H groups in total. The first kappa shape index (κ1) is 17.5. The summed E-state index contributed by atoms with van der Waals surface area (Å²) < 4.78 is 0. The second-order valence-electron chi connectivity index (χ2n) is 6.78. The van der Waals surface area contributed by atoms with Gasteiger partial charge in [-0.1, -0.05) is 6.07 Å². The number of nitrogens with zero attached hydrogens (tertiary/aromatic N) is 5. The highest BCUT2D eigenvalue weighted by Gasteiger charge is 2.30. The van der Waals surface area contributed by atoms with Crippen molar-refractivity contribution in [2.75, 3.05) is 20.6 Å². The molecule has 2 aromatic rings. The summed E-state index contributed by atoms with van der Waals surface area (Å²) in [5.41, 5.74) is 2.95. The van der Waals surface area contributed by atoms with E-state index in [1.54, 1.807) is 18.6 Å². The fraction of sp³-hybridized carbons (Fsp3) is 0.474. The Balaban J connectivity index is 1.66. The Kier molecular flexibility index (Phi) is 5.71. The van der Waals surface area contributed by atoms with E-state index in [1.165, 1.54) is 0 Å². The molecule has 1 aliphatic rings. The molecule has 0 radical (unpaired) electrons. The van der Waals surface area contributed by atoms with Crippen molar-refractivity contribution in [3.8, 4) is 0 Å². The molecule has 0 unspecified atom stereocenters. The van der Waals surface area contributed by atoms with Gasteiger partial charge in [0.25, 0.3) is 0 Å². The van der Waals surface area contributed by atoms with E-state index in [9.17, 15) is 4.79 Å². The maximum Gasteiger partial charge on any atom is 0.223 e. The third-order valence-electron chi connectivity index (χ3n) is 4.45. The zero-order valence-corrected chi connectivity index (χ0v) is 14.9. The molecule has 1 fully saturated rings. The first-order chi connectivity index (χ1) is 12.1. The van der Waals surface area contributed by atoms with Gasteiger partial charge in [0.1, 0.15) is 0 Å². The highest BCUT2D eigenvalue weighted by molar-refractivity contribution is 5.77. The molecule has 0 bridgehead atoms. The summed E-state index contributed by atoms with van der Waals surface area (Å²) in [6.45, 7) is 1.55. The normalized spacial score (nSPS) is 17.2. The average Bonchev–Trinajstić information content (AvgIpc) is 3.10. The minimum absolute atomic E-state index is 0.0519. The molecule has 3 heterocycles. The number of amides is 1. The molecule has 0 saturated carbocycles. The molecule has 6 heteroatoms. The van der Waals surface area contributed by atoms with Gasteiger partial charge in [0, 0.05) is 38.1 Å². The van der Waals surface area contributed by atoms with Gasteiger partial charge < -0.3 is 9.80 Å². The van der Waals surface area contributed by atoms with Crippen LogP contribution in [0.1, 0.15) is 42.3 Å². The largest absolute Gasteiger partial charge is 0.334 e. The van der Waals surface area contributed by atoms with Gasteiger partial charge in [-0.05, 0) is 45.0 Å². The van der Waals surface area contributed by atoms with Gasteiger partial charge in [0.2, 0.25) is 5.91 Å². The van der Waals surface area contributed by atoms with Crippen LogP contribution in [-0.4, -0.2) is 51.3 Å². The van der Waals surface area contributed by atoms with E-state index in [0.29, 0.717) is 6.42 Å². The Morgan fingerprint density at radius 3 is 2.92 bits per heavy atom. The fourth-order valence-corrected chi connectivity index (χ4v) is 3.30. The van der Waals surface area contributed by atoms with E-state index in [4.69, 9.17) is 4.98 Å². The van der Waals surface area contributed by atoms with E-state index in [2.05, 4.69) is 14.9 Å².